The predicted octanol–water partition coefficient (Wildman–Crippen LogP) is 0.753. The quantitative estimate of drug-likeness (QED) is 0.618. The summed E-state index contributed by atoms with van der Waals surface area (Å²) in [5.41, 5.74) is 0. The van der Waals surface area contributed by atoms with E-state index >= 15 is 0 Å². The van der Waals surface area contributed by atoms with Gasteiger partial charge in [0.15, 0.2) is 0 Å². The predicted molar refractivity (Wildman–Crippen MR) is 29.1 cm³/mol. The summed E-state index contributed by atoms with van der Waals surface area (Å²) in [7, 11) is 0. The van der Waals surface area contributed by atoms with Gasteiger partial charge in [-0.2, -0.15) is 5.26 Å². The lowest BCUT2D eigenvalue weighted by atomic mass is 10.4. The Kier molecular flexibility index (Phi) is 3.89. The van der Waals surface area contributed by atoms with Crippen molar-refractivity contribution in [1.29, 1.82) is 5.26 Å². The normalized spacial score (nSPS) is 13.2. The van der Waals surface area contributed by atoms with E-state index in [4.69, 9.17) is 5.26 Å². The molecule has 1 atom stereocenters. The molecule has 0 saturated heterocycles. The van der Waals surface area contributed by atoms with Crippen LogP contribution >= 0.6 is 0 Å². The molecule has 0 rings (SSSR count). The van der Waals surface area contributed by atoms with Gasteiger partial charge in [0.1, 0.15) is 0 Å². The second-order valence-corrected chi connectivity index (χ2v) is 1.65. The summed E-state index contributed by atoms with van der Waals surface area (Å²) < 4.78 is 22.7. The Balaban J connectivity index is 3.19. The first-order valence-electron chi connectivity index (χ1n) is 2.58. The highest BCUT2D eigenvalue weighted by atomic mass is 19.3. The lowest BCUT2D eigenvalue weighted by molar-refractivity contribution is 0.144. The second-order valence-electron chi connectivity index (χ2n) is 1.65. The summed E-state index contributed by atoms with van der Waals surface area (Å²) >= 11 is 0. The van der Waals surface area contributed by atoms with Gasteiger partial charge in [-0.1, -0.05) is 0 Å². The van der Waals surface area contributed by atoms with Gasteiger partial charge >= 0.3 is 0 Å². The largest absolute Gasteiger partial charge is 0.297 e. The number of alkyl halides is 2. The number of nitriles is 1. The maximum atomic E-state index is 11.4. The smallest absolute Gasteiger partial charge is 0.250 e. The summed E-state index contributed by atoms with van der Waals surface area (Å²) in [4.78, 5) is 0. The standard InChI is InChI=1S/C5H8F2N2/c1-4(2-8)9-3-5(6)7/h4-5,9H,3H2,1H3. The topological polar surface area (TPSA) is 35.8 Å². The maximum absolute atomic E-state index is 11.4. The third-order valence-electron chi connectivity index (χ3n) is 0.772. The van der Waals surface area contributed by atoms with Crippen molar-refractivity contribution in [2.45, 2.75) is 19.4 Å². The van der Waals surface area contributed by atoms with Crippen LogP contribution in [0.25, 0.3) is 0 Å². The van der Waals surface area contributed by atoms with Crippen LogP contribution in [0.2, 0.25) is 0 Å². The highest BCUT2D eigenvalue weighted by molar-refractivity contribution is 4.85. The zero-order valence-corrected chi connectivity index (χ0v) is 5.06. The van der Waals surface area contributed by atoms with Gasteiger partial charge in [-0.15, -0.1) is 0 Å². The summed E-state index contributed by atoms with van der Waals surface area (Å²) in [6, 6.07) is 1.29. The minimum Gasteiger partial charge on any atom is -0.297 e. The Hall–Kier alpha value is -0.690. The molecular weight excluding hydrogens is 126 g/mol. The van der Waals surface area contributed by atoms with Crippen LogP contribution in [-0.2, 0) is 0 Å². The van der Waals surface area contributed by atoms with Gasteiger partial charge in [-0.3, -0.25) is 5.32 Å². The van der Waals surface area contributed by atoms with Crippen molar-refractivity contribution in [3.8, 4) is 6.07 Å². The van der Waals surface area contributed by atoms with Gasteiger partial charge in [0.25, 0.3) is 6.43 Å². The SMILES string of the molecule is CC(C#N)NCC(F)F. The molecule has 1 N–H and O–H groups in total. The van der Waals surface area contributed by atoms with Crippen LogP contribution in [-0.4, -0.2) is 19.0 Å². The molecule has 9 heavy (non-hydrogen) atoms. The molecule has 2 nitrogen and oxygen atoms in total. The van der Waals surface area contributed by atoms with E-state index in [2.05, 4.69) is 5.32 Å². The monoisotopic (exact) mass is 134 g/mol. The van der Waals surface area contributed by atoms with E-state index in [0.717, 1.165) is 0 Å². The number of nitrogens with one attached hydrogen (secondary N) is 1. The third kappa shape index (κ3) is 5.18. The first-order chi connectivity index (χ1) is 4.16. The van der Waals surface area contributed by atoms with Crippen LogP contribution in [0.1, 0.15) is 6.92 Å². The first kappa shape index (κ1) is 8.31. The van der Waals surface area contributed by atoms with Crippen molar-refractivity contribution < 1.29 is 8.78 Å². The molecule has 0 saturated carbocycles. The molecule has 0 aliphatic rings. The van der Waals surface area contributed by atoms with Crippen LogP contribution in [0.3, 0.4) is 0 Å². The van der Waals surface area contributed by atoms with Crippen molar-refractivity contribution in [2.24, 2.45) is 0 Å². The zero-order valence-electron chi connectivity index (χ0n) is 5.06. The Morgan fingerprint density at radius 2 is 2.22 bits per heavy atom. The van der Waals surface area contributed by atoms with E-state index < -0.39 is 19.0 Å². The maximum Gasteiger partial charge on any atom is 0.250 e. The molecule has 1 unspecified atom stereocenters. The van der Waals surface area contributed by atoms with E-state index in [9.17, 15) is 8.78 Å². The summed E-state index contributed by atoms with van der Waals surface area (Å²) in [5, 5.41) is 10.4. The van der Waals surface area contributed by atoms with Gasteiger partial charge in [0.05, 0.1) is 18.7 Å². The summed E-state index contributed by atoms with van der Waals surface area (Å²) in [5.74, 6) is 0. The molecule has 0 aromatic rings. The fourth-order valence-electron chi connectivity index (χ4n) is 0.312. The molecular formula is C5H8F2N2. The fourth-order valence-corrected chi connectivity index (χ4v) is 0.312. The molecule has 0 radical (unpaired) electrons. The van der Waals surface area contributed by atoms with Crippen LogP contribution in [0.15, 0.2) is 0 Å². The van der Waals surface area contributed by atoms with Crippen molar-refractivity contribution in [3.05, 3.63) is 0 Å². The van der Waals surface area contributed by atoms with Gasteiger partial charge in [0, 0.05) is 0 Å². The number of nitrogens with zero attached hydrogens (tertiary/aromatic N) is 1. The first-order valence-corrected chi connectivity index (χ1v) is 2.58. The number of hydrogen-bond acceptors (Lipinski definition) is 2. The molecule has 0 bridgehead atoms. The Labute approximate surface area is 52.5 Å². The summed E-state index contributed by atoms with van der Waals surface area (Å²) in [6.07, 6.45) is -2.37. The van der Waals surface area contributed by atoms with Crippen LogP contribution in [0.5, 0.6) is 0 Å². The molecule has 0 amide bonds. The Morgan fingerprint density at radius 3 is 2.56 bits per heavy atom. The number of halogens is 2. The zero-order chi connectivity index (χ0) is 7.28. The molecule has 0 aromatic carbocycles. The highest BCUT2D eigenvalue weighted by Gasteiger charge is 2.03. The van der Waals surface area contributed by atoms with Crippen LogP contribution in [0.4, 0.5) is 8.78 Å². The van der Waals surface area contributed by atoms with E-state index in [1.807, 2.05) is 0 Å². The lowest BCUT2D eigenvalue weighted by Crippen LogP contribution is -2.29. The van der Waals surface area contributed by atoms with Gasteiger partial charge in [-0.05, 0) is 6.92 Å². The Morgan fingerprint density at radius 1 is 1.67 bits per heavy atom. The van der Waals surface area contributed by atoms with E-state index in [1.165, 1.54) is 6.92 Å². The lowest BCUT2D eigenvalue weighted by Gasteiger charge is -2.02. The molecule has 0 aliphatic heterocycles. The number of rotatable bonds is 3. The minimum absolute atomic E-state index is 0.408. The average Bonchev–Trinajstić information content (AvgIpc) is 1.83. The highest BCUT2D eigenvalue weighted by Crippen LogP contribution is 1.88. The minimum atomic E-state index is -2.37. The van der Waals surface area contributed by atoms with Crippen LogP contribution in [0, 0.1) is 11.3 Å². The van der Waals surface area contributed by atoms with Gasteiger partial charge < -0.3 is 0 Å². The molecule has 0 fully saturated rings. The molecule has 0 heterocycles. The second kappa shape index (κ2) is 4.21. The average molecular weight is 134 g/mol. The fraction of sp³-hybridized carbons (Fsp3) is 0.800. The van der Waals surface area contributed by atoms with Crippen LogP contribution < -0.4 is 5.32 Å². The van der Waals surface area contributed by atoms with Crippen molar-refractivity contribution >= 4 is 0 Å². The van der Waals surface area contributed by atoms with E-state index in [-0.39, 0.29) is 0 Å². The van der Waals surface area contributed by atoms with E-state index in [0.29, 0.717) is 0 Å². The Bertz CT molecular complexity index is 108. The molecule has 4 heteroatoms. The summed E-state index contributed by atoms with van der Waals surface area (Å²) in [6.45, 7) is 1.12. The van der Waals surface area contributed by atoms with Gasteiger partial charge in [0.2, 0.25) is 0 Å². The van der Waals surface area contributed by atoms with Crippen molar-refractivity contribution in [3.63, 3.8) is 0 Å². The molecule has 0 spiro atoms. The van der Waals surface area contributed by atoms with Crippen molar-refractivity contribution in [1.82, 2.24) is 5.32 Å². The molecule has 0 aliphatic carbocycles. The van der Waals surface area contributed by atoms with Crippen molar-refractivity contribution in [2.75, 3.05) is 6.54 Å². The number of hydrogen-bond donors (Lipinski definition) is 1. The molecule has 0 aromatic heterocycles. The molecule has 52 valence electrons. The van der Waals surface area contributed by atoms with Gasteiger partial charge in [-0.25, -0.2) is 8.78 Å². The van der Waals surface area contributed by atoms with E-state index in [1.54, 1.807) is 6.07 Å². The third-order valence-corrected chi connectivity index (χ3v) is 0.772.